The largest absolute Gasteiger partial charge is 0.431 e. The number of benzene rings is 1. The zero-order chi connectivity index (χ0) is 25.4. The molecule has 2 atom stereocenters. The van der Waals surface area contributed by atoms with Crippen LogP contribution < -0.4 is 5.32 Å². The summed E-state index contributed by atoms with van der Waals surface area (Å²) in [6.07, 6.45) is -0.296. The van der Waals surface area contributed by atoms with Gasteiger partial charge in [0.05, 0.1) is 0 Å². The monoisotopic (exact) mass is 486 g/mol. The zero-order valence-electron chi connectivity index (χ0n) is 20.1. The minimum atomic E-state index is -4.98. The number of aryl methyl sites for hydroxylation is 2. The fourth-order valence-electron chi connectivity index (χ4n) is 5.82. The Hall–Kier alpha value is -3.05. The Morgan fingerprint density at radius 1 is 1.14 bits per heavy atom. The molecule has 2 saturated heterocycles. The van der Waals surface area contributed by atoms with E-state index in [2.05, 4.69) is 35.0 Å². The number of piperidine rings is 2. The van der Waals surface area contributed by atoms with Crippen molar-refractivity contribution < 1.29 is 27.5 Å². The molecule has 5 nitrogen and oxygen atoms in total. The van der Waals surface area contributed by atoms with E-state index in [1.165, 1.54) is 17.1 Å². The number of carbonyl (C=O) groups excluding carboxylic acids is 2. The van der Waals surface area contributed by atoms with Crippen LogP contribution in [-0.2, 0) is 14.3 Å². The van der Waals surface area contributed by atoms with Crippen molar-refractivity contribution in [1.82, 2.24) is 10.2 Å². The van der Waals surface area contributed by atoms with Crippen LogP contribution in [0, 0.1) is 19.3 Å². The van der Waals surface area contributed by atoms with Gasteiger partial charge in [0.2, 0.25) is 5.91 Å². The summed E-state index contributed by atoms with van der Waals surface area (Å²) < 4.78 is 48.1. The van der Waals surface area contributed by atoms with Crippen LogP contribution in [0.2, 0.25) is 0 Å². The van der Waals surface area contributed by atoms with Gasteiger partial charge in [0.15, 0.2) is 0 Å². The number of likely N-dealkylation sites (tertiary alicyclic amines) is 1. The van der Waals surface area contributed by atoms with Crippen LogP contribution in [0.25, 0.3) is 0 Å². The number of nitrogens with one attached hydrogen (secondary N) is 1. The van der Waals surface area contributed by atoms with Gasteiger partial charge in [-0.05, 0) is 55.9 Å². The highest BCUT2D eigenvalue weighted by molar-refractivity contribution is 5.91. The summed E-state index contributed by atoms with van der Waals surface area (Å²) in [6, 6.07) is 6.30. The molecule has 1 spiro atoms. The lowest BCUT2D eigenvalue weighted by Gasteiger charge is -2.50. The van der Waals surface area contributed by atoms with Gasteiger partial charge in [-0.2, -0.15) is 13.2 Å². The number of ether oxygens (including phenoxy) is 1. The predicted octanol–water partition coefficient (Wildman–Crippen LogP) is 4.27. The molecule has 2 fully saturated rings. The highest BCUT2D eigenvalue weighted by Gasteiger charge is 2.65. The topological polar surface area (TPSA) is 58.6 Å². The Balaban J connectivity index is 1.63. The van der Waals surface area contributed by atoms with E-state index < -0.39 is 23.1 Å². The maximum absolute atomic E-state index is 14.4. The Bertz CT molecular complexity index is 1140. The molecule has 1 aromatic carbocycles. The van der Waals surface area contributed by atoms with Gasteiger partial charge in [-0.1, -0.05) is 40.8 Å². The van der Waals surface area contributed by atoms with Crippen molar-refractivity contribution in [3.63, 3.8) is 0 Å². The van der Waals surface area contributed by atoms with Crippen LogP contribution in [-0.4, -0.2) is 55.2 Å². The molecule has 1 aromatic rings. The van der Waals surface area contributed by atoms with Crippen molar-refractivity contribution in [1.29, 1.82) is 0 Å². The lowest BCUT2D eigenvalue weighted by atomic mass is 9.62. The normalized spacial score (nSPS) is 23.1. The lowest BCUT2D eigenvalue weighted by molar-refractivity contribution is -0.251. The molecule has 4 rings (SSSR count). The molecule has 186 valence electrons. The van der Waals surface area contributed by atoms with Gasteiger partial charge in [0, 0.05) is 44.7 Å². The highest BCUT2D eigenvalue weighted by atomic mass is 19.4. The third-order valence-corrected chi connectivity index (χ3v) is 7.52. The molecule has 35 heavy (non-hydrogen) atoms. The molecule has 2 amide bonds. The van der Waals surface area contributed by atoms with Crippen LogP contribution in [0.3, 0.4) is 0 Å². The summed E-state index contributed by atoms with van der Waals surface area (Å²) in [5.74, 6) is -1.20. The number of hydrogen-bond acceptors (Lipinski definition) is 3. The molecule has 8 heteroatoms. The first-order valence-corrected chi connectivity index (χ1v) is 11.7. The minimum absolute atomic E-state index is 0.0186. The first kappa shape index (κ1) is 25.1. The van der Waals surface area contributed by atoms with Crippen LogP contribution in [0.1, 0.15) is 41.9 Å². The molecule has 2 aliphatic heterocycles. The lowest BCUT2D eigenvalue weighted by Crippen LogP contribution is -2.62. The second-order valence-corrected chi connectivity index (χ2v) is 9.71. The van der Waals surface area contributed by atoms with E-state index >= 15 is 0 Å². The van der Waals surface area contributed by atoms with Crippen molar-refractivity contribution in [2.24, 2.45) is 5.41 Å². The number of amides is 2. The van der Waals surface area contributed by atoms with Crippen molar-refractivity contribution in [3.05, 3.63) is 70.2 Å². The van der Waals surface area contributed by atoms with Gasteiger partial charge in [-0.3, -0.25) is 9.59 Å². The SMILES string of the molecule is CO[C@@](C(=O)N1CCC2(CC1)CC(=O)NCC2c1cc(C)cc(C)c1)(C1=CC=C=C=C1)C(F)(F)F. The van der Waals surface area contributed by atoms with E-state index in [-0.39, 0.29) is 36.9 Å². The molecule has 0 radical (unpaired) electrons. The summed E-state index contributed by atoms with van der Waals surface area (Å²) >= 11 is 0. The molecule has 0 saturated carbocycles. The molecule has 1 unspecified atom stereocenters. The van der Waals surface area contributed by atoms with Gasteiger partial charge >= 0.3 is 6.18 Å². The first-order chi connectivity index (χ1) is 16.5. The number of alkyl halides is 3. The van der Waals surface area contributed by atoms with Crippen LogP contribution in [0.5, 0.6) is 0 Å². The van der Waals surface area contributed by atoms with E-state index in [4.69, 9.17) is 4.74 Å². The summed E-state index contributed by atoms with van der Waals surface area (Å²) in [5.41, 5.74) is 4.52. The Morgan fingerprint density at radius 3 is 2.34 bits per heavy atom. The Labute approximate surface area is 203 Å². The number of methoxy groups -OCH3 is 1. The number of halogens is 3. The molecular formula is C27H29F3N2O3. The fraction of sp³-hybridized carbons (Fsp3) is 0.481. The molecule has 1 N–H and O–H groups in total. The molecule has 1 aliphatic carbocycles. The third kappa shape index (κ3) is 4.38. The Morgan fingerprint density at radius 2 is 1.80 bits per heavy atom. The van der Waals surface area contributed by atoms with Crippen molar-refractivity contribution in [2.45, 2.75) is 50.8 Å². The maximum atomic E-state index is 14.4. The number of rotatable bonds is 4. The van der Waals surface area contributed by atoms with E-state index in [1.807, 2.05) is 13.8 Å². The first-order valence-electron chi connectivity index (χ1n) is 11.7. The Kier molecular flexibility index (Phi) is 6.58. The van der Waals surface area contributed by atoms with E-state index in [9.17, 15) is 22.8 Å². The number of nitrogens with zero attached hydrogens (tertiary/aromatic N) is 1. The van der Waals surface area contributed by atoms with Crippen molar-refractivity contribution in [3.8, 4) is 0 Å². The van der Waals surface area contributed by atoms with Crippen LogP contribution >= 0.6 is 0 Å². The molecule has 2 heterocycles. The number of hydrogen-bond donors (Lipinski definition) is 1. The van der Waals surface area contributed by atoms with Crippen molar-refractivity contribution in [2.75, 3.05) is 26.7 Å². The third-order valence-electron chi connectivity index (χ3n) is 7.52. The molecule has 3 aliphatic rings. The second kappa shape index (κ2) is 9.19. The quantitative estimate of drug-likeness (QED) is 0.647. The van der Waals surface area contributed by atoms with Crippen LogP contribution in [0.15, 0.2) is 53.5 Å². The van der Waals surface area contributed by atoms with Gasteiger partial charge in [-0.15, -0.1) is 0 Å². The standard InChI is InChI=1S/C27H29F3N2O3/c1-18-13-19(2)15-20(14-18)22-17-31-23(33)16-25(22)9-11-32(12-10-25)24(34)26(35-3,27(28,29)30)21-7-5-4-6-8-21/h5,7-8,13-15,22H,9-12,16-17H2,1-3H3,(H,31,33)/t22?,26-/m1/s1. The van der Waals surface area contributed by atoms with Crippen molar-refractivity contribution >= 4 is 11.8 Å². The second-order valence-electron chi connectivity index (χ2n) is 9.71. The summed E-state index contributed by atoms with van der Waals surface area (Å²) in [6.45, 7) is 4.73. The fourth-order valence-corrected chi connectivity index (χ4v) is 5.82. The van der Waals surface area contributed by atoms with Gasteiger partial charge in [0.1, 0.15) is 0 Å². The van der Waals surface area contributed by atoms with Gasteiger partial charge in [-0.25, -0.2) is 0 Å². The molecule has 0 bridgehead atoms. The summed E-state index contributed by atoms with van der Waals surface area (Å²) in [5, 5.41) is 2.96. The zero-order valence-corrected chi connectivity index (χ0v) is 20.1. The summed E-state index contributed by atoms with van der Waals surface area (Å²) in [7, 11) is 0.898. The van der Waals surface area contributed by atoms with E-state index in [0.29, 0.717) is 19.4 Å². The number of allylic oxidation sites excluding steroid dienone is 2. The average Bonchev–Trinajstić information content (AvgIpc) is 2.79. The average molecular weight is 487 g/mol. The molecular weight excluding hydrogens is 457 g/mol. The minimum Gasteiger partial charge on any atom is -0.356 e. The molecule has 0 aromatic heterocycles. The maximum Gasteiger partial charge on any atom is 0.431 e. The summed E-state index contributed by atoms with van der Waals surface area (Å²) in [4.78, 5) is 27.1. The number of carbonyl (C=O) groups is 2. The van der Waals surface area contributed by atoms with E-state index in [0.717, 1.165) is 29.9 Å². The van der Waals surface area contributed by atoms with E-state index in [1.54, 1.807) is 0 Å². The highest BCUT2D eigenvalue weighted by Crippen LogP contribution is 2.50. The van der Waals surface area contributed by atoms with Gasteiger partial charge < -0.3 is 15.0 Å². The predicted molar refractivity (Wildman–Crippen MR) is 125 cm³/mol. The smallest absolute Gasteiger partial charge is 0.356 e. The van der Waals surface area contributed by atoms with Crippen LogP contribution in [0.4, 0.5) is 13.2 Å². The van der Waals surface area contributed by atoms with Gasteiger partial charge in [0.25, 0.3) is 11.5 Å².